The summed E-state index contributed by atoms with van der Waals surface area (Å²) in [5.41, 5.74) is 6.24. The van der Waals surface area contributed by atoms with Gasteiger partial charge in [-0.3, -0.25) is 9.48 Å². The minimum absolute atomic E-state index is 0.0114. The highest BCUT2D eigenvalue weighted by atomic mass is 16.1. The monoisotopic (exact) mass is 387 g/mol. The fraction of sp³-hybridized carbons (Fsp3) is 0.280. The maximum absolute atomic E-state index is 12.4. The Labute approximate surface area is 173 Å². The van der Waals surface area contributed by atoms with E-state index in [-0.39, 0.29) is 5.91 Å². The van der Waals surface area contributed by atoms with E-state index in [4.69, 9.17) is 5.10 Å². The molecule has 0 unspecified atom stereocenters. The van der Waals surface area contributed by atoms with Crippen molar-refractivity contribution in [3.63, 3.8) is 0 Å². The zero-order chi connectivity index (χ0) is 20.6. The third kappa shape index (κ3) is 5.02. The number of nitrogens with zero attached hydrogens (tertiary/aromatic N) is 2. The summed E-state index contributed by atoms with van der Waals surface area (Å²) < 4.78 is 2.01. The lowest BCUT2D eigenvalue weighted by Crippen LogP contribution is -2.24. The van der Waals surface area contributed by atoms with Crippen molar-refractivity contribution < 1.29 is 4.79 Å². The smallest absolute Gasteiger partial charge is 0.251 e. The molecule has 0 saturated carbocycles. The Hall–Kier alpha value is -3.14. The summed E-state index contributed by atoms with van der Waals surface area (Å²) in [7, 11) is 0. The highest BCUT2D eigenvalue weighted by Crippen LogP contribution is 2.28. The molecule has 3 rings (SSSR count). The van der Waals surface area contributed by atoms with E-state index in [2.05, 4.69) is 37.0 Å². The van der Waals surface area contributed by atoms with Gasteiger partial charge in [0.1, 0.15) is 0 Å². The minimum atomic E-state index is -0.0114. The molecule has 0 saturated heterocycles. The van der Waals surface area contributed by atoms with E-state index in [9.17, 15) is 4.79 Å². The zero-order valence-electron chi connectivity index (χ0n) is 17.3. The second-order valence-electron chi connectivity index (χ2n) is 7.24. The Bertz CT molecular complexity index is 973. The van der Waals surface area contributed by atoms with Gasteiger partial charge in [-0.1, -0.05) is 61.9 Å². The number of allylic oxidation sites excluding steroid dienone is 1. The standard InChI is InChI=1S/C25H29N3O/c1-4-6-15-26-25(29)22-14-10-11-20(17-22)18-23-19(3)27-28(16-5-2)24(23)21-12-8-7-9-13-21/h5,7-14,17H,2,4,6,15-16,18H2,1,3H3,(H,26,29). The molecule has 150 valence electrons. The van der Waals surface area contributed by atoms with Crippen LogP contribution in [0.25, 0.3) is 11.3 Å². The summed E-state index contributed by atoms with van der Waals surface area (Å²) in [4.78, 5) is 12.4. The Kier molecular flexibility index (Phi) is 7.01. The first-order valence-electron chi connectivity index (χ1n) is 10.2. The molecule has 1 N–H and O–H groups in total. The van der Waals surface area contributed by atoms with Crippen LogP contribution < -0.4 is 5.32 Å². The lowest BCUT2D eigenvalue weighted by molar-refractivity contribution is 0.0953. The third-order valence-electron chi connectivity index (χ3n) is 4.99. The predicted octanol–water partition coefficient (Wildman–Crippen LogP) is 5.17. The first-order chi connectivity index (χ1) is 14.1. The number of amides is 1. The maximum Gasteiger partial charge on any atom is 0.251 e. The molecule has 0 aliphatic carbocycles. The number of nitrogens with one attached hydrogen (secondary N) is 1. The number of aryl methyl sites for hydroxylation is 1. The van der Waals surface area contributed by atoms with Crippen molar-refractivity contribution in [2.45, 2.75) is 39.7 Å². The number of rotatable bonds is 9. The van der Waals surface area contributed by atoms with E-state index in [1.165, 1.54) is 5.56 Å². The molecule has 29 heavy (non-hydrogen) atoms. The second kappa shape index (κ2) is 9.87. The summed E-state index contributed by atoms with van der Waals surface area (Å²) in [5, 5.41) is 7.74. The molecule has 0 bridgehead atoms. The quantitative estimate of drug-likeness (QED) is 0.407. The van der Waals surface area contributed by atoms with Crippen molar-refractivity contribution in [3.8, 4) is 11.3 Å². The fourth-order valence-corrected chi connectivity index (χ4v) is 3.51. The van der Waals surface area contributed by atoms with Crippen molar-refractivity contribution in [1.82, 2.24) is 15.1 Å². The van der Waals surface area contributed by atoms with Crippen LogP contribution in [-0.4, -0.2) is 22.2 Å². The van der Waals surface area contributed by atoms with Gasteiger partial charge in [-0.05, 0) is 31.0 Å². The number of benzene rings is 2. The number of unbranched alkanes of at least 4 members (excludes halogenated alkanes) is 1. The van der Waals surface area contributed by atoms with Crippen LogP contribution in [-0.2, 0) is 13.0 Å². The van der Waals surface area contributed by atoms with E-state index in [0.717, 1.165) is 41.8 Å². The molecule has 0 atom stereocenters. The van der Waals surface area contributed by atoms with Crippen molar-refractivity contribution in [2.75, 3.05) is 6.54 Å². The Morgan fingerprint density at radius 1 is 1.17 bits per heavy atom. The minimum Gasteiger partial charge on any atom is -0.352 e. The van der Waals surface area contributed by atoms with Crippen molar-refractivity contribution in [3.05, 3.63) is 89.6 Å². The molecule has 1 amide bonds. The zero-order valence-corrected chi connectivity index (χ0v) is 17.3. The van der Waals surface area contributed by atoms with Crippen LogP contribution in [0, 0.1) is 6.92 Å². The normalized spacial score (nSPS) is 10.7. The van der Waals surface area contributed by atoms with E-state index in [0.29, 0.717) is 18.7 Å². The van der Waals surface area contributed by atoms with Crippen LogP contribution in [0.5, 0.6) is 0 Å². The molecule has 1 heterocycles. The van der Waals surface area contributed by atoms with Crippen LogP contribution >= 0.6 is 0 Å². The van der Waals surface area contributed by atoms with Gasteiger partial charge in [0.15, 0.2) is 0 Å². The number of hydrogen-bond acceptors (Lipinski definition) is 2. The molecule has 0 aliphatic rings. The molecule has 3 aromatic rings. The Morgan fingerprint density at radius 2 is 1.97 bits per heavy atom. The summed E-state index contributed by atoms with van der Waals surface area (Å²) in [5.74, 6) is -0.0114. The summed E-state index contributed by atoms with van der Waals surface area (Å²) in [6.45, 7) is 9.40. The van der Waals surface area contributed by atoms with Gasteiger partial charge < -0.3 is 5.32 Å². The first-order valence-corrected chi connectivity index (χ1v) is 10.2. The van der Waals surface area contributed by atoms with Gasteiger partial charge in [0.25, 0.3) is 5.91 Å². The summed E-state index contributed by atoms with van der Waals surface area (Å²) >= 11 is 0. The van der Waals surface area contributed by atoms with Gasteiger partial charge in [0.05, 0.1) is 17.9 Å². The highest BCUT2D eigenvalue weighted by Gasteiger charge is 2.17. The van der Waals surface area contributed by atoms with Gasteiger partial charge >= 0.3 is 0 Å². The lowest BCUT2D eigenvalue weighted by Gasteiger charge is -2.10. The molecular formula is C25H29N3O. The molecule has 4 heteroatoms. The third-order valence-corrected chi connectivity index (χ3v) is 4.99. The van der Waals surface area contributed by atoms with Crippen LogP contribution in [0.3, 0.4) is 0 Å². The van der Waals surface area contributed by atoms with E-state index in [1.54, 1.807) is 0 Å². The largest absolute Gasteiger partial charge is 0.352 e. The van der Waals surface area contributed by atoms with Crippen LogP contribution in [0.2, 0.25) is 0 Å². The number of hydrogen-bond donors (Lipinski definition) is 1. The second-order valence-corrected chi connectivity index (χ2v) is 7.24. The Balaban J connectivity index is 1.91. The molecular weight excluding hydrogens is 358 g/mol. The lowest BCUT2D eigenvalue weighted by atomic mass is 9.98. The fourth-order valence-electron chi connectivity index (χ4n) is 3.51. The predicted molar refractivity (Wildman–Crippen MR) is 119 cm³/mol. The van der Waals surface area contributed by atoms with E-state index >= 15 is 0 Å². The molecule has 2 aromatic carbocycles. The van der Waals surface area contributed by atoms with Crippen molar-refractivity contribution in [1.29, 1.82) is 0 Å². The molecule has 1 aromatic heterocycles. The van der Waals surface area contributed by atoms with Gasteiger partial charge in [0.2, 0.25) is 0 Å². The highest BCUT2D eigenvalue weighted by molar-refractivity contribution is 5.94. The molecule has 0 aliphatic heterocycles. The number of carbonyl (C=O) groups is 1. The summed E-state index contributed by atoms with van der Waals surface area (Å²) in [6, 6.07) is 18.2. The van der Waals surface area contributed by atoms with Gasteiger partial charge in [-0.15, -0.1) is 6.58 Å². The van der Waals surface area contributed by atoms with Gasteiger partial charge in [0, 0.05) is 29.7 Å². The SMILES string of the molecule is C=CCn1nc(C)c(Cc2cccc(C(=O)NCCCC)c2)c1-c1ccccc1. The van der Waals surface area contributed by atoms with Crippen LogP contribution in [0.1, 0.15) is 46.9 Å². The van der Waals surface area contributed by atoms with Gasteiger partial charge in [-0.2, -0.15) is 5.10 Å². The van der Waals surface area contributed by atoms with Crippen LogP contribution in [0.4, 0.5) is 0 Å². The average Bonchev–Trinajstić information content (AvgIpc) is 3.04. The number of carbonyl (C=O) groups excluding carboxylic acids is 1. The van der Waals surface area contributed by atoms with Crippen molar-refractivity contribution >= 4 is 5.91 Å². The van der Waals surface area contributed by atoms with Gasteiger partial charge in [-0.25, -0.2) is 0 Å². The molecule has 0 spiro atoms. The molecule has 4 nitrogen and oxygen atoms in total. The summed E-state index contributed by atoms with van der Waals surface area (Å²) in [6.07, 6.45) is 4.65. The van der Waals surface area contributed by atoms with Crippen molar-refractivity contribution in [2.24, 2.45) is 0 Å². The average molecular weight is 388 g/mol. The van der Waals surface area contributed by atoms with E-state index in [1.807, 2.05) is 54.1 Å². The Morgan fingerprint density at radius 3 is 2.69 bits per heavy atom. The molecule has 0 fully saturated rings. The topological polar surface area (TPSA) is 46.9 Å². The first kappa shape index (κ1) is 20.6. The van der Waals surface area contributed by atoms with Crippen LogP contribution in [0.15, 0.2) is 67.3 Å². The molecule has 0 radical (unpaired) electrons. The number of aromatic nitrogens is 2. The van der Waals surface area contributed by atoms with E-state index < -0.39 is 0 Å². The maximum atomic E-state index is 12.4.